The Balaban J connectivity index is 1.39. The summed E-state index contributed by atoms with van der Waals surface area (Å²) in [7, 11) is 1.58. The van der Waals surface area contributed by atoms with Gasteiger partial charge in [0, 0.05) is 24.9 Å². The number of nitrogens with one attached hydrogen (secondary N) is 2. The number of carbonyl (C=O) groups is 3. The average Bonchev–Trinajstić information content (AvgIpc) is 3.57. The predicted octanol–water partition coefficient (Wildman–Crippen LogP) is 3.54. The molecule has 1 aromatic carbocycles. The van der Waals surface area contributed by atoms with Crippen LogP contribution in [0.2, 0.25) is 0 Å². The Morgan fingerprint density at radius 3 is 2.60 bits per heavy atom. The van der Waals surface area contributed by atoms with Crippen molar-refractivity contribution in [2.75, 3.05) is 25.6 Å². The second-order valence-corrected chi connectivity index (χ2v) is 12.1. The van der Waals surface area contributed by atoms with Crippen LogP contribution in [0.15, 0.2) is 36.4 Å². The molecule has 3 amide bonds. The van der Waals surface area contributed by atoms with Crippen molar-refractivity contribution in [3.8, 4) is 5.75 Å². The molecule has 8 atom stereocenters. The number of amides is 3. The Kier molecular flexibility index (Phi) is 8.25. The first kappa shape index (κ1) is 28.6. The van der Waals surface area contributed by atoms with Crippen molar-refractivity contribution in [3.63, 3.8) is 0 Å². The van der Waals surface area contributed by atoms with E-state index in [2.05, 4.69) is 24.5 Å². The van der Waals surface area contributed by atoms with E-state index in [1.165, 1.54) is 0 Å². The van der Waals surface area contributed by atoms with Gasteiger partial charge in [-0.15, -0.1) is 0 Å². The Hall–Kier alpha value is -2.91. The van der Waals surface area contributed by atoms with Crippen LogP contribution in [0.5, 0.6) is 5.75 Å². The lowest BCUT2D eigenvalue weighted by molar-refractivity contribution is -0.142. The molecular formula is C31H43N3O6. The van der Waals surface area contributed by atoms with Crippen molar-refractivity contribution in [2.45, 2.75) is 83.3 Å². The van der Waals surface area contributed by atoms with Crippen molar-refractivity contribution in [1.82, 2.24) is 10.2 Å². The molecule has 218 valence electrons. The molecule has 40 heavy (non-hydrogen) atoms. The standard InChI is InChI=1S/C31H43N3O6/c1-18(2)39-17-7-16-34-27(29(36)33-23-9-6-8-19(3)20(23)4)31-15-14-24(40-31)25(26(31)30(34)37)28(35)32-21-10-12-22(38-5)13-11-21/h10-15,18-20,23-27H,6-9,16-17H2,1-5H3,(H,32,35)(H,33,36). The number of carbonyl (C=O) groups excluding carboxylic acids is 3. The van der Waals surface area contributed by atoms with E-state index in [0.29, 0.717) is 42.8 Å². The van der Waals surface area contributed by atoms with Gasteiger partial charge in [0.1, 0.15) is 17.4 Å². The number of anilines is 1. The molecule has 2 N–H and O–H groups in total. The van der Waals surface area contributed by atoms with Gasteiger partial charge in [0.25, 0.3) is 0 Å². The second-order valence-electron chi connectivity index (χ2n) is 12.1. The smallest absolute Gasteiger partial charge is 0.246 e. The number of nitrogens with zero attached hydrogens (tertiary/aromatic N) is 1. The summed E-state index contributed by atoms with van der Waals surface area (Å²) in [4.78, 5) is 43.4. The molecule has 5 rings (SSSR count). The Bertz CT molecular complexity index is 1140. The predicted molar refractivity (Wildman–Crippen MR) is 151 cm³/mol. The van der Waals surface area contributed by atoms with Crippen LogP contribution in [0, 0.1) is 23.7 Å². The van der Waals surface area contributed by atoms with Crippen LogP contribution in [0.3, 0.4) is 0 Å². The highest BCUT2D eigenvalue weighted by Gasteiger charge is 2.72. The summed E-state index contributed by atoms with van der Waals surface area (Å²) in [6.45, 7) is 9.19. The van der Waals surface area contributed by atoms with Crippen LogP contribution in [-0.4, -0.2) is 72.8 Å². The summed E-state index contributed by atoms with van der Waals surface area (Å²) in [5.41, 5.74) is -0.565. The normalized spacial score (nSPS) is 34.3. The van der Waals surface area contributed by atoms with E-state index in [1.54, 1.807) is 36.3 Å². The number of benzene rings is 1. The topological polar surface area (TPSA) is 106 Å². The van der Waals surface area contributed by atoms with Crippen molar-refractivity contribution >= 4 is 23.4 Å². The highest BCUT2D eigenvalue weighted by molar-refractivity contribution is 6.02. The lowest BCUT2D eigenvalue weighted by Gasteiger charge is -2.38. The molecule has 2 saturated heterocycles. The molecule has 0 radical (unpaired) electrons. The van der Waals surface area contributed by atoms with E-state index < -0.39 is 29.6 Å². The zero-order valence-electron chi connectivity index (χ0n) is 24.2. The van der Waals surface area contributed by atoms with Crippen molar-refractivity contribution in [2.24, 2.45) is 23.7 Å². The zero-order valence-corrected chi connectivity index (χ0v) is 24.2. The minimum absolute atomic E-state index is 0.0460. The van der Waals surface area contributed by atoms with Crippen molar-refractivity contribution in [3.05, 3.63) is 36.4 Å². The van der Waals surface area contributed by atoms with E-state index >= 15 is 0 Å². The quantitative estimate of drug-likeness (QED) is 0.339. The molecule has 3 heterocycles. The molecule has 1 aliphatic carbocycles. The van der Waals surface area contributed by atoms with Crippen LogP contribution in [0.25, 0.3) is 0 Å². The second kappa shape index (κ2) is 11.5. The maximum atomic E-state index is 14.1. The Morgan fingerprint density at radius 1 is 1.15 bits per heavy atom. The van der Waals surface area contributed by atoms with Gasteiger partial charge in [-0.05, 0) is 62.8 Å². The Labute approximate surface area is 237 Å². The summed E-state index contributed by atoms with van der Waals surface area (Å²) in [6, 6.07) is 6.26. The summed E-state index contributed by atoms with van der Waals surface area (Å²) in [6.07, 6.45) is 6.94. The highest BCUT2D eigenvalue weighted by atomic mass is 16.5. The minimum Gasteiger partial charge on any atom is -0.497 e. The molecule has 2 bridgehead atoms. The maximum absolute atomic E-state index is 14.1. The summed E-state index contributed by atoms with van der Waals surface area (Å²) in [5, 5.41) is 6.24. The number of hydrogen-bond donors (Lipinski definition) is 2. The van der Waals surface area contributed by atoms with Crippen LogP contribution in [0.4, 0.5) is 5.69 Å². The van der Waals surface area contributed by atoms with Gasteiger partial charge in [-0.2, -0.15) is 0 Å². The third kappa shape index (κ3) is 5.14. The number of fused-ring (bicyclic) bond motifs is 1. The molecule has 0 aromatic heterocycles. The summed E-state index contributed by atoms with van der Waals surface area (Å²) < 4.78 is 17.4. The largest absolute Gasteiger partial charge is 0.497 e. The molecule has 1 spiro atoms. The van der Waals surface area contributed by atoms with Gasteiger partial charge in [-0.3, -0.25) is 14.4 Å². The average molecular weight is 554 g/mol. The fraction of sp³-hybridized carbons (Fsp3) is 0.645. The molecule has 1 aromatic rings. The number of likely N-dealkylation sites (tertiary alicyclic amines) is 1. The van der Waals surface area contributed by atoms with E-state index in [1.807, 2.05) is 26.0 Å². The van der Waals surface area contributed by atoms with Gasteiger partial charge in [0.05, 0.1) is 31.2 Å². The third-order valence-corrected chi connectivity index (χ3v) is 9.31. The Morgan fingerprint density at radius 2 is 1.90 bits per heavy atom. The van der Waals surface area contributed by atoms with Crippen molar-refractivity contribution < 1.29 is 28.6 Å². The first-order valence-electron chi connectivity index (χ1n) is 14.7. The fourth-order valence-electron chi connectivity index (χ4n) is 7.01. The molecule has 9 nitrogen and oxygen atoms in total. The number of methoxy groups -OCH3 is 1. The van der Waals surface area contributed by atoms with Gasteiger partial charge < -0.3 is 29.7 Å². The van der Waals surface area contributed by atoms with E-state index in [-0.39, 0.29) is 29.9 Å². The van der Waals surface area contributed by atoms with E-state index in [4.69, 9.17) is 14.2 Å². The van der Waals surface area contributed by atoms with Crippen molar-refractivity contribution in [1.29, 1.82) is 0 Å². The van der Waals surface area contributed by atoms with Crippen LogP contribution >= 0.6 is 0 Å². The van der Waals surface area contributed by atoms with Gasteiger partial charge >= 0.3 is 0 Å². The molecule has 1 saturated carbocycles. The van der Waals surface area contributed by atoms with Crippen LogP contribution in [0.1, 0.15) is 53.4 Å². The van der Waals surface area contributed by atoms with E-state index in [9.17, 15) is 14.4 Å². The molecule has 9 heteroatoms. The molecule has 4 aliphatic rings. The fourth-order valence-corrected chi connectivity index (χ4v) is 7.01. The van der Waals surface area contributed by atoms with Crippen LogP contribution in [-0.2, 0) is 23.9 Å². The summed E-state index contributed by atoms with van der Waals surface area (Å²) >= 11 is 0. The van der Waals surface area contributed by atoms with Gasteiger partial charge in [-0.25, -0.2) is 0 Å². The molecule has 3 aliphatic heterocycles. The first-order valence-corrected chi connectivity index (χ1v) is 14.7. The first-order chi connectivity index (χ1) is 19.2. The lowest BCUT2D eigenvalue weighted by atomic mass is 9.73. The monoisotopic (exact) mass is 553 g/mol. The number of hydrogen-bond acceptors (Lipinski definition) is 6. The molecule has 8 unspecified atom stereocenters. The zero-order chi connectivity index (χ0) is 28.6. The SMILES string of the molecule is COc1ccc(NC(=O)C2C3C=CC4(O3)C2C(=O)N(CCCOC(C)C)C4C(=O)NC2CCCC(C)C2C)cc1. The van der Waals surface area contributed by atoms with Gasteiger partial charge in [0.15, 0.2) is 0 Å². The van der Waals surface area contributed by atoms with Gasteiger partial charge in [-0.1, -0.05) is 38.8 Å². The minimum atomic E-state index is -1.17. The van der Waals surface area contributed by atoms with E-state index in [0.717, 1.165) is 19.3 Å². The summed E-state index contributed by atoms with van der Waals surface area (Å²) in [5.74, 6) is -0.671. The van der Waals surface area contributed by atoms with Crippen LogP contribution < -0.4 is 15.4 Å². The lowest BCUT2D eigenvalue weighted by Crippen LogP contribution is -2.58. The number of rotatable bonds is 10. The maximum Gasteiger partial charge on any atom is 0.246 e. The molecule has 3 fully saturated rings. The van der Waals surface area contributed by atoms with Gasteiger partial charge in [0.2, 0.25) is 17.7 Å². The highest BCUT2D eigenvalue weighted by Crippen LogP contribution is 2.55. The number of ether oxygens (including phenoxy) is 3. The molecular weight excluding hydrogens is 510 g/mol. The third-order valence-electron chi connectivity index (χ3n) is 9.31.